The molecular weight excluding hydrogens is 721 g/mol. The molecule has 0 aliphatic rings. The number of unbranched alkanes of at least 4 members (excludes halogenated alkanes) is 1. The van der Waals surface area contributed by atoms with Crippen molar-refractivity contribution in [1.29, 1.82) is 0 Å². The lowest BCUT2D eigenvalue weighted by Gasteiger charge is -2.20. The zero-order valence-electron chi connectivity index (χ0n) is 27.5. The van der Waals surface area contributed by atoms with Gasteiger partial charge in [0.2, 0.25) is 0 Å². The number of sulfonamides is 1. The molecule has 1 aromatic heterocycles. The monoisotopic (exact) mass is 759 g/mol. The molecule has 4 aromatic rings. The highest BCUT2D eigenvalue weighted by Gasteiger charge is 2.26. The van der Waals surface area contributed by atoms with Crippen molar-refractivity contribution in [3.05, 3.63) is 92.8 Å². The third-order valence-electron chi connectivity index (χ3n) is 7.11. The van der Waals surface area contributed by atoms with Gasteiger partial charge in [-0.2, -0.15) is 4.68 Å². The summed E-state index contributed by atoms with van der Waals surface area (Å²) in [6.45, 7) is 8.82. The van der Waals surface area contributed by atoms with Crippen LogP contribution in [-0.4, -0.2) is 39.4 Å². The molecule has 14 heteroatoms. The molecule has 0 bridgehead atoms. The first kappa shape index (κ1) is 36.9. The highest BCUT2D eigenvalue weighted by atomic mass is 79.9. The highest BCUT2D eigenvalue weighted by molar-refractivity contribution is 9.10. The fourth-order valence-electron chi connectivity index (χ4n) is 4.89. The minimum absolute atomic E-state index is 0.0969. The van der Waals surface area contributed by atoms with Crippen LogP contribution in [-0.2, 0) is 27.7 Å². The van der Waals surface area contributed by atoms with Crippen molar-refractivity contribution in [2.24, 2.45) is 0 Å². The summed E-state index contributed by atoms with van der Waals surface area (Å²) in [5.74, 6) is -0.139. The van der Waals surface area contributed by atoms with Crippen LogP contribution in [0.4, 0.5) is 14.9 Å². The molecule has 1 amide bonds. The lowest BCUT2D eigenvalue weighted by molar-refractivity contribution is 0.0570. The van der Waals surface area contributed by atoms with Gasteiger partial charge < -0.3 is 10.1 Å². The molecule has 0 radical (unpaired) electrons. The smallest absolute Gasteiger partial charge is 0.421 e. The molecule has 0 fully saturated rings. The van der Waals surface area contributed by atoms with Crippen LogP contribution in [0.15, 0.2) is 74.8 Å². The van der Waals surface area contributed by atoms with Gasteiger partial charge in [0.15, 0.2) is 0 Å². The molecule has 2 N–H and O–H groups in total. The van der Waals surface area contributed by atoms with Crippen LogP contribution in [0, 0.1) is 5.82 Å². The maximum atomic E-state index is 15.8. The fraction of sp³-hybridized carbons (Fsp3) is 0.353. The van der Waals surface area contributed by atoms with Crippen LogP contribution in [0.25, 0.3) is 16.8 Å². The second-order valence-corrected chi connectivity index (χ2v) is 15.2. The number of ether oxygens (including phenoxy) is 1. The standard InChI is InChI=1S/C34H39BrFN5O5S2/c1-6-8-14-30-38-41(28-20-24(17-18-26(28)35)37-31(47)11-7-2)33(43)40(30)21-23-16-15-22(19-27(23)36)25-12-9-10-13-29(25)48(44,45)39-32(42)46-34(3,4)5/h9-10,12-13,15-20H,6-8,11,14,21H2,1-5H3,(H,37,47)(H,39,42). The van der Waals surface area contributed by atoms with E-state index < -0.39 is 33.2 Å². The van der Waals surface area contributed by atoms with Crippen LogP contribution < -0.4 is 15.7 Å². The first-order valence-electron chi connectivity index (χ1n) is 15.6. The number of carbonyl (C=O) groups excluding carboxylic acids is 1. The number of carbonyl (C=O) groups is 1. The fourth-order valence-corrected chi connectivity index (χ4v) is 6.73. The summed E-state index contributed by atoms with van der Waals surface area (Å²) in [4.78, 5) is 26.6. The van der Waals surface area contributed by atoms with E-state index in [1.54, 1.807) is 39.0 Å². The van der Waals surface area contributed by atoms with Crippen LogP contribution >= 0.6 is 28.1 Å². The molecule has 0 aliphatic carbocycles. The van der Waals surface area contributed by atoms with E-state index in [1.165, 1.54) is 39.6 Å². The van der Waals surface area contributed by atoms with Gasteiger partial charge in [0.05, 0.1) is 22.1 Å². The van der Waals surface area contributed by atoms with Gasteiger partial charge in [-0.15, -0.1) is 5.10 Å². The van der Waals surface area contributed by atoms with Gasteiger partial charge in [0, 0.05) is 27.7 Å². The summed E-state index contributed by atoms with van der Waals surface area (Å²) in [6.07, 6.45) is 2.64. The summed E-state index contributed by atoms with van der Waals surface area (Å²) >= 11 is 8.95. The third-order valence-corrected chi connectivity index (χ3v) is 9.46. The Kier molecular flexibility index (Phi) is 12.0. The molecular formula is C34H39BrFN5O5S2. The number of nitrogens with zero attached hydrogens (tertiary/aromatic N) is 3. The van der Waals surface area contributed by atoms with Crippen molar-refractivity contribution >= 4 is 54.9 Å². The van der Waals surface area contributed by atoms with Crippen LogP contribution in [0.1, 0.15) is 71.7 Å². The molecule has 0 atom stereocenters. The first-order valence-corrected chi connectivity index (χ1v) is 18.2. The van der Waals surface area contributed by atoms with Crippen molar-refractivity contribution in [1.82, 2.24) is 19.1 Å². The molecule has 0 aliphatic heterocycles. The van der Waals surface area contributed by atoms with Crippen LogP contribution in [0.2, 0.25) is 0 Å². The lowest BCUT2D eigenvalue weighted by atomic mass is 10.0. The SMILES string of the molecule is CCCCc1nn(-c2cc(NC(=S)CCC)ccc2Br)c(=O)n1Cc1ccc(-c2ccccc2S(=O)(=O)NC(=O)OC(C)(C)C)cc1F. The van der Waals surface area contributed by atoms with Gasteiger partial charge >= 0.3 is 11.8 Å². The number of aryl methyl sites for hydroxylation is 1. The number of rotatable bonds is 12. The van der Waals surface area contributed by atoms with E-state index >= 15 is 4.39 Å². The van der Waals surface area contributed by atoms with E-state index in [9.17, 15) is 18.0 Å². The third kappa shape index (κ3) is 9.17. The number of benzene rings is 3. The maximum Gasteiger partial charge on any atom is 0.421 e. The first-order chi connectivity index (χ1) is 22.6. The maximum absolute atomic E-state index is 15.8. The average Bonchev–Trinajstić information content (AvgIpc) is 3.31. The molecule has 10 nitrogen and oxygen atoms in total. The summed E-state index contributed by atoms with van der Waals surface area (Å²) in [7, 11) is -4.36. The second-order valence-electron chi connectivity index (χ2n) is 12.2. The zero-order valence-corrected chi connectivity index (χ0v) is 30.7. The van der Waals surface area contributed by atoms with Gasteiger partial charge in [-0.25, -0.2) is 27.1 Å². The van der Waals surface area contributed by atoms with Crippen molar-refractivity contribution in [3.63, 3.8) is 0 Å². The van der Waals surface area contributed by atoms with Crippen molar-refractivity contribution in [3.8, 4) is 16.8 Å². The number of aromatic nitrogens is 3. The molecule has 3 aromatic carbocycles. The number of hydrogen-bond donors (Lipinski definition) is 2. The van der Waals surface area contributed by atoms with E-state index in [0.717, 1.165) is 25.7 Å². The molecule has 0 saturated carbocycles. The summed E-state index contributed by atoms with van der Waals surface area (Å²) in [5, 5.41) is 7.85. The highest BCUT2D eigenvalue weighted by Crippen LogP contribution is 2.30. The number of amides is 1. The van der Waals surface area contributed by atoms with E-state index in [2.05, 4.69) is 26.3 Å². The molecule has 256 valence electrons. The van der Waals surface area contributed by atoms with Gasteiger partial charge in [0.1, 0.15) is 17.2 Å². The second kappa shape index (κ2) is 15.6. The van der Waals surface area contributed by atoms with E-state index in [-0.39, 0.29) is 28.1 Å². The predicted molar refractivity (Wildman–Crippen MR) is 193 cm³/mol. The normalized spacial score (nSPS) is 11.7. The number of anilines is 1. The Balaban J connectivity index is 1.69. The Morgan fingerprint density at radius 3 is 2.46 bits per heavy atom. The number of halogens is 2. The number of hydrogen-bond acceptors (Lipinski definition) is 7. The Bertz CT molecular complexity index is 1990. The minimum Gasteiger partial charge on any atom is -0.443 e. The van der Waals surface area contributed by atoms with Gasteiger partial charge in [-0.3, -0.25) is 4.57 Å². The van der Waals surface area contributed by atoms with E-state index in [0.29, 0.717) is 33.1 Å². The summed E-state index contributed by atoms with van der Waals surface area (Å²) in [5.41, 5.74) is 0.539. The molecule has 0 unspecified atom stereocenters. The van der Waals surface area contributed by atoms with Crippen molar-refractivity contribution in [2.45, 2.75) is 83.8 Å². The predicted octanol–water partition coefficient (Wildman–Crippen LogP) is 7.75. The average molecular weight is 761 g/mol. The van der Waals surface area contributed by atoms with Gasteiger partial charge in [-0.05, 0) is 91.9 Å². The molecule has 4 rings (SSSR count). The molecule has 48 heavy (non-hydrogen) atoms. The van der Waals surface area contributed by atoms with Gasteiger partial charge in [-0.1, -0.05) is 62.8 Å². The molecule has 0 saturated heterocycles. The lowest BCUT2D eigenvalue weighted by Crippen LogP contribution is -2.36. The topological polar surface area (TPSA) is 124 Å². The Hall–Kier alpha value is -3.88. The summed E-state index contributed by atoms with van der Waals surface area (Å²) in [6, 6.07) is 15.7. The van der Waals surface area contributed by atoms with Crippen LogP contribution in [0.5, 0.6) is 0 Å². The van der Waals surface area contributed by atoms with Crippen molar-refractivity contribution in [2.75, 3.05) is 5.32 Å². The summed E-state index contributed by atoms with van der Waals surface area (Å²) < 4.78 is 52.5. The van der Waals surface area contributed by atoms with Gasteiger partial charge in [0.25, 0.3) is 10.0 Å². The van der Waals surface area contributed by atoms with Crippen molar-refractivity contribution < 1.29 is 22.3 Å². The number of nitrogens with one attached hydrogen (secondary N) is 2. The minimum atomic E-state index is -4.36. The molecule has 0 spiro atoms. The Labute approximate surface area is 293 Å². The Morgan fingerprint density at radius 2 is 1.79 bits per heavy atom. The van der Waals surface area contributed by atoms with E-state index in [1.807, 2.05) is 30.7 Å². The van der Waals surface area contributed by atoms with E-state index in [4.69, 9.17) is 17.0 Å². The zero-order chi connectivity index (χ0) is 35.2. The largest absolute Gasteiger partial charge is 0.443 e. The van der Waals surface area contributed by atoms with Crippen LogP contribution in [0.3, 0.4) is 0 Å². The molecule has 1 heterocycles. The number of thiocarbonyl (C=S) groups is 1. The quantitative estimate of drug-likeness (QED) is 0.141. The Morgan fingerprint density at radius 1 is 1.06 bits per heavy atom.